The van der Waals surface area contributed by atoms with Crippen LogP contribution in [-0.4, -0.2) is 20.9 Å². The fourth-order valence-corrected chi connectivity index (χ4v) is 4.31. The monoisotopic (exact) mass is 367 g/mol. The van der Waals surface area contributed by atoms with Crippen molar-refractivity contribution in [2.75, 3.05) is 6.54 Å². The Labute approximate surface area is 146 Å². The van der Waals surface area contributed by atoms with Gasteiger partial charge in [-0.15, -0.1) is 11.3 Å². The van der Waals surface area contributed by atoms with Crippen molar-refractivity contribution in [3.05, 3.63) is 46.8 Å². The van der Waals surface area contributed by atoms with Crippen molar-refractivity contribution in [3.63, 3.8) is 0 Å². The fourth-order valence-electron chi connectivity index (χ4n) is 2.06. The van der Waals surface area contributed by atoms with E-state index in [1.807, 2.05) is 12.1 Å². The van der Waals surface area contributed by atoms with Crippen LogP contribution < -0.4 is 9.50 Å². The van der Waals surface area contributed by atoms with Gasteiger partial charge in [-0.05, 0) is 42.2 Å². The van der Waals surface area contributed by atoms with Gasteiger partial charge in [0.2, 0.25) is 5.91 Å². The van der Waals surface area contributed by atoms with E-state index in [1.54, 1.807) is 18.2 Å². The molecule has 1 aromatic heterocycles. The van der Waals surface area contributed by atoms with Crippen LogP contribution >= 0.6 is 11.3 Å². The Morgan fingerprint density at radius 3 is 2.42 bits per heavy atom. The van der Waals surface area contributed by atoms with Gasteiger partial charge < -0.3 is 9.50 Å². The molecule has 0 fully saturated rings. The summed E-state index contributed by atoms with van der Waals surface area (Å²) in [6, 6.07) is 10.3. The highest BCUT2D eigenvalue weighted by Gasteiger charge is 2.19. The van der Waals surface area contributed by atoms with E-state index >= 15 is 0 Å². The van der Waals surface area contributed by atoms with E-state index in [-0.39, 0.29) is 10.1 Å². The Morgan fingerprint density at radius 1 is 1.17 bits per heavy atom. The number of carbonyl (C=O) groups is 1. The molecule has 0 aliphatic heterocycles. The van der Waals surface area contributed by atoms with Crippen LogP contribution in [0.15, 0.2) is 40.6 Å². The van der Waals surface area contributed by atoms with Gasteiger partial charge in [-0.25, -0.2) is 0 Å². The van der Waals surface area contributed by atoms with Crippen LogP contribution in [0.2, 0.25) is 0 Å². The molecule has 5 nitrogen and oxygen atoms in total. The normalized spacial score (nSPS) is 11.5. The first-order chi connectivity index (χ1) is 11.3. The highest BCUT2D eigenvalue weighted by molar-refractivity contribution is 7.89. The average Bonchev–Trinajstić information content (AvgIpc) is 2.97. The van der Waals surface area contributed by atoms with Crippen LogP contribution in [0.1, 0.15) is 37.1 Å². The standard InChI is InChI=1S/C17H21NO4S2/c1-12(2)14-4-6-15(7-5-14)22-24(20,21)17-9-8-16(23-17)10-11-18-13(3)19/h4-9,12H,10-11H2,1-3H3,(H,18,19). The molecule has 1 aromatic carbocycles. The molecular weight excluding hydrogens is 346 g/mol. The summed E-state index contributed by atoms with van der Waals surface area (Å²) >= 11 is 1.15. The van der Waals surface area contributed by atoms with Crippen molar-refractivity contribution in [3.8, 4) is 5.75 Å². The van der Waals surface area contributed by atoms with Crippen molar-refractivity contribution in [2.24, 2.45) is 0 Å². The van der Waals surface area contributed by atoms with E-state index in [9.17, 15) is 13.2 Å². The van der Waals surface area contributed by atoms with Crippen LogP contribution in [0.3, 0.4) is 0 Å². The highest BCUT2D eigenvalue weighted by atomic mass is 32.3. The molecule has 0 bridgehead atoms. The lowest BCUT2D eigenvalue weighted by Gasteiger charge is -2.08. The van der Waals surface area contributed by atoms with E-state index < -0.39 is 10.1 Å². The Bertz CT molecular complexity index is 792. The van der Waals surface area contributed by atoms with Crippen LogP contribution in [0, 0.1) is 0 Å². The van der Waals surface area contributed by atoms with Gasteiger partial charge in [0.1, 0.15) is 5.75 Å². The molecule has 0 aliphatic carbocycles. The summed E-state index contributed by atoms with van der Waals surface area (Å²) in [4.78, 5) is 11.7. The summed E-state index contributed by atoms with van der Waals surface area (Å²) in [7, 11) is -3.84. The summed E-state index contributed by atoms with van der Waals surface area (Å²) in [5, 5.41) is 2.68. The van der Waals surface area contributed by atoms with E-state index in [0.29, 0.717) is 24.6 Å². The van der Waals surface area contributed by atoms with E-state index in [0.717, 1.165) is 21.8 Å². The van der Waals surface area contributed by atoms with Crippen molar-refractivity contribution in [2.45, 2.75) is 37.3 Å². The molecule has 130 valence electrons. The molecule has 0 unspecified atom stereocenters. The van der Waals surface area contributed by atoms with Crippen molar-refractivity contribution in [1.29, 1.82) is 0 Å². The van der Waals surface area contributed by atoms with Gasteiger partial charge >= 0.3 is 10.1 Å². The Hall–Kier alpha value is -1.86. The van der Waals surface area contributed by atoms with Gasteiger partial charge in [0, 0.05) is 18.3 Å². The highest BCUT2D eigenvalue weighted by Crippen LogP contribution is 2.26. The lowest BCUT2D eigenvalue weighted by molar-refractivity contribution is -0.118. The van der Waals surface area contributed by atoms with Crippen molar-refractivity contribution >= 4 is 27.4 Å². The second-order valence-corrected chi connectivity index (χ2v) is 8.66. The lowest BCUT2D eigenvalue weighted by Crippen LogP contribution is -2.22. The largest absolute Gasteiger partial charge is 0.378 e. The second-order valence-electron chi connectivity index (χ2n) is 5.71. The quantitative estimate of drug-likeness (QED) is 0.762. The van der Waals surface area contributed by atoms with Crippen LogP contribution in [0.25, 0.3) is 0 Å². The number of carbonyl (C=O) groups excluding carboxylic acids is 1. The molecule has 0 saturated heterocycles. The van der Waals surface area contributed by atoms with Gasteiger partial charge in [0.25, 0.3) is 0 Å². The molecule has 0 radical (unpaired) electrons. The lowest BCUT2D eigenvalue weighted by atomic mass is 10.0. The van der Waals surface area contributed by atoms with Gasteiger partial charge in [-0.3, -0.25) is 4.79 Å². The molecule has 0 spiro atoms. The van der Waals surface area contributed by atoms with Crippen LogP contribution in [0.5, 0.6) is 5.75 Å². The average molecular weight is 367 g/mol. The van der Waals surface area contributed by atoms with Crippen molar-refractivity contribution < 1.29 is 17.4 Å². The first-order valence-electron chi connectivity index (χ1n) is 7.65. The van der Waals surface area contributed by atoms with E-state index in [2.05, 4.69) is 19.2 Å². The maximum atomic E-state index is 12.3. The molecule has 0 saturated carbocycles. The summed E-state index contributed by atoms with van der Waals surface area (Å²) < 4.78 is 30.0. The van der Waals surface area contributed by atoms with Gasteiger partial charge in [-0.1, -0.05) is 26.0 Å². The number of hydrogen-bond donors (Lipinski definition) is 1. The Kier molecular flexibility index (Phi) is 6.01. The van der Waals surface area contributed by atoms with E-state index in [1.165, 1.54) is 13.0 Å². The Morgan fingerprint density at radius 2 is 1.83 bits per heavy atom. The smallest absolute Gasteiger partial charge is 0.348 e. The summed E-state index contributed by atoms with van der Waals surface area (Å²) in [6.07, 6.45) is 0.586. The first-order valence-corrected chi connectivity index (χ1v) is 9.88. The van der Waals surface area contributed by atoms with Gasteiger partial charge in [0.15, 0.2) is 4.21 Å². The number of thiophene rings is 1. The third kappa shape index (κ3) is 5.07. The molecule has 0 aliphatic rings. The number of amides is 1. The number of rotatable bonds is 7. The predicted octanol–water partition coefficient (Wildman–Crippen LogP) is 3.32. The molecule has 0 atom stereocenters. The predicted molar refractivity (Wildman–Crippen MR) is 95.1 cm³/mol. The third-order valence-corrected chi connectivity index (χ3v) is 6.22. The topological polar surface area (TPSA) is 72.5 Å². The second kappa shape index (κ2) is 7.81. The molecule has 1 heterocycles. The number of hydrogen-bond acceptors (Lipinski definition) is 5. The third-order valence-electron chi connectivity index (χ3n) is 3.38. The zero-order valence-electron chi connectivity index (χ0n) is 13.9. The number of nitrogens with one attached hydrogen (secondary N) is 1. The zero-order chi connectivity index (χ0) is 17.7. The maximum Gasteiger partial charge on any atom is 0.348 e. The zero-order valence-corrected chi connectivity index (χ0v) is 15.5. The minimum absolute atomic E-state index is 0.104. The number of benzene rings is 1. The molecule has 7 heteroatoms. The van der Waals surface area contributed by atoms with E-state index in [4.69, 9.17) is 4.18 Å². The first kappa shape index (κ1) is 18.5. The fraction of sp³-hybridized carbons (Fsp3) is 0.353. The molecule has 1 N–H and O–H groups in total. The Balaban J connectivity index is 2.04. The van der Waals surface area contributed by atoms with Gasteiger partial charge in [-0.2, -0.15) is 8.42 Å². The van der Waals surface area contributed by atoms with Crippen LogP contribution in [-0.2, 0) is 21.3 Å². The molecule has 2 rings (SSSR count). The molecule has 2 aromatic rings. The summed E-state index contributed by atoms with van der Waals surface area (Å²) in [6.45, 7) is 6.07. The molecule has 1 amide bonds. The molecular formula is C17H21NO4S2. The summed E-state index contributed by atoms with van der Waals surface area (Å²) in [5.74, 6) is 0.569. The maximum absolute atomic E-state index is 12.3. The minimum atomic E-state index is -3.84. The SMILES string of the molecule is CC(=O)NCCc1ccc(S(=O)(=O)Oc2ccc(C(C)C)cc2)s1. The van der Waals surface area contributed by atoms with Crippen LogP contribution in [0.4, 0.5) is 0 Å². The summed E-state index contributed by atoms with van der Waals surface area (Å²) in [5.41, 5.74) is 1.12. The molecule has 24 heavy (non-hydrogen) atoms. The minimum Gasteiger partial charge on any atom is -0.378 e. The van der Waals surface area contributed by atoms with Crippen molar-refractivity contribution in [1.82, 2.24) is 5.32 Å². The van der Waals surface area contributed by atoms with Gasteiger partial charge in [0.05, 0.1) is 0 Å².